The van der Waals surface area contributed by atoms with Crippen LogP contribution in [0.25, 0.3) is 0 Å². The van der Waals surface area contributed by atoms with Crippen LogP contribution in [-0.2, 0) is 50.1 Å². The molecule has 1 heterocycles. The Balaban J connectivity index is 1.31. The molecule has 0 N–H and O–H groups in total. The van der Waals surface area contributed by atoms with Gasteiger partial charge in [-0.05, 0) is 46.5 Å². The molecule has 0 spiro atoms. The summed E-state index contributed by atoms with van der Waals surface area (Å²) in [6.45, 7) is 1.96. The molecule has 6 rings (SSSR count). The van der Waals surface area contributed by atoms with E-state index in [2.05, 4.69) is 48.5 Å². The van der Waals surface area contributed by atoms with Crippen LogP contribution in [0.4, 0.5) is 0 Å². The van der Waals surface area contributed by atoms with Gasteiger partial charge < -0.3 is 28.4 Å². The van der Waals surface area contributed by atoms with E-state index in [4.69, 9.17) is 28.4 Å². The molecule has 0 radical (unpaired) electrons. The first-order valence-corrected chi connectivity index (χ1v) is 17.2. The molecule has 0 amide bonds. The van der Waals surface area contributed by atoms with Crippen molar-refractivity contribution >= 4 is 11.8 Å². The van der Waals surface area contributed by atoms with Crippen molar-refractivity contribution in [3.05, 3.63) is 168 Å². The van der Waals surface area contributed by atoms with E-state index in [1.807, 2.05) is 97.1 Å². The molecule has 1 saturated heterocycles. The third-order valence-electron chi connectivity index (χ3n) is 8.15. The molecule has 5 aromatic rings. The largest absolute Gasteiger partial charge is 0.497 e. The van der Waals surface area contributed by atoms with E-state index in [1.54, 1.807) is 18.9 Å². The summed E-state index contributed by atoms with van der Waals surface area (Å²) in [5.74, 6) is 0.797. The van der Waals surface area contributed by atoms with E-state index in [0.717, 1.165) is 32.9 Å². The first kappa shape index (κ1) is 33.9. The van der Waals surface area contributed by atoms with E-state index in [-0.39, 0.29) is 5.44 Å². The number of methoxy groups -OCH3 is 1. The fourth-order valence-electron chi connectivity index (χ4n) is 5.62. The second kappa shape index (κ2) is 18.0. The standard InChI is InChI=1S/C41H42O6S/c1-42-35-24-22-34(23-25-35)29-44-38-37(30-43-26-31-14-6-2-7-15-31)47-41(48-36-20-12-5-13-21-36)40(46-28-33-18-10-4-11-19-33)39(38)45-27-32-16-8-3-9-17-32/h2-25,37-41H,26-30H2,1H3/t37-,38-,39+,40-,41+/m1/s1. The van der Waals surface area contributed by atoms with Crippen LogP contribution in [0.1, 0.15) is 22.3 Å². The molecule has 7 heteroatoms. The summed E-state index contributed by atoms with van der Waals surface area (Å²) < 4.78 is 39.0. The van der Waals surface area contributed by atoms with Crippen molar-refractivity contribution in [1.29, 1.82) is 0 Å². The van der Waals surface area contributed by atoms with E-state index in [9.17, 15) is 0 Å². The number of hydrogen-bond donors (Lipinski definition) is 0. The lowest BCUT2D eigenvalue weighted by Crippen LogP contribution is -2.60. The lowest BCUT2D eigenvalue weighted by molar-refractivity contribution is -0.254. The van der Waals surface area contributed by atoms with Crippen molar-refractivity contribution in [3.63, 3.8) is 0 Å². The zero-order valence-electron chi connectivity index (χ0n) is 27.1. The minimum atomic E-state index is -0.486. The van der Waals surface area contributed by atoms with Crippen LogP contribution >= 0.6 is 11.8 Å². The molecule has 5 aromatic carbocycles. The summed E-state index contributed by atoms with van der Waals surface area (Å²) in [5.41, 5.74) is 3.88. The zero-order chi connectivity index (χ0) is 32.8. The Morgan fingerprint density at radius 1 is 0.500 bits per heavy atom. The molecule has 0 aliphatic carbocycles. The van der Waals surface area contributed by atoms with Gasteiger partial charge in [-0.2, -0.15) is 0 Å². The Bertz CT molecular complexity index is 1610. The minimum absolute atomic E-state index is 0.324. The number of thioether (sulfide) groups is 1. The molecule has 1 aliphatic heterocycles. The number of hydrogen-bond acceptors (Lipinski definition) is 7. The summed E-state index contributed by atoms with van der Waals surface area (Å²) in [5, 5.41) is 0. The quantitative estimate of drug-likeness (QED) is 0.105. The van der Waals surface area contributed by atoms with Gasteiger partial charge in [0.25, 0.3) is 0 Å². The van der Waals surface area contributed by atoms with Crippen molar-refractivity contribution < 1.29 is 28.4 Å². The summed E-state index contributed by atoms with van der Waals surface area (Å²) in [6, 6.07) is 48.8. The Hall–Kier alpha value is -3.95. The van der Waals surface area contributed by atoms with Gasteiger partial charge in [-0.1, -0.05) is 133 Å². The fraction of sp³-hybridized carbons (Fsp3) is 0.268. The highest BCUT2D eigenvalue weighted by molar-refractivity contribution is 7.99. The van der Waals surface area contributed by atoms with Gasteiger partial charge in [-0.15, -0.1) is 0 Å². The second-order valence-corrected chi connectivity index (χ2v) is 12.8. The van der Waals surface area contributed by atoms with Crippen LogP contribution in [0.2, 0.25) is 0 Å². The maximum absolute atomic E-state index is 6.94. The normalized spacial score (nSPS) is 20.7. The molecule has 1 aliphatic rings. The number of ether oxygens (including phenoxy) is 6. The van der Waals surface area contributed by atoms with Gasteiger partial charge in [-0.25, -0.2) is 0 Å². The van der Waals surface area contributed by atoms with Gasteiger partial charge in [0.2, 0.25) is 0 Å². The minimum Gasteiger partial charge on any atom is -0.497 e. The second-order valence-electron chi connectivity index (χ2n) is 11.6. The molecular weight excluding hydrogens is 621 g/mol. The Morgan fingerprint density at radius 2 is 0.958 bits per heavy atom. The summed E-state index contributed by atoms with van der Waals surface area (Å²) >= 11 is 1.64. The predicted octanol–water partition coefficient (Wildman–Crippen LogP) is 8.49. The molecule has 0 saturated carbocycles. The predicted molar refractivity (Wildman–Crippen MR) is 189 cm³/mol. The van der Waals surface area contributed by atoms with E-state index in [1.165, 1.54) is 0 Å². The smallest absolute Gasteiger partial charge is 0.137 e. The van der Waals surface area contributed by atoms with Gasteiger partial charge in [-0.3, -0.25) is 0 Å². The molecule has 6 nitrogen and oxygen atoms in total. The van der Waals surface area contributed by atoms with Crippen molar-refractivity contribution in [1.82, 2.24) is 0 Å². The highest BCUT2D eigenvalue weighted by Gasteiger charge is 2.49. The fourth-order valence-corrected chi connectivity index (χ4v) is 6.77. The average Bonchev–Trinajstić information content (AvgIpc) is 3.15. The first-order valence-electron chi connectivity index (χ1n) is 16.3. The molecule has 248 valence electrons. The van der Waals surface area contributed by atoms with E-state index >= 15 is 0 Å². The number of rotatable bonds is 16. The third kappa shape index (κ3) is 9.80. The first-order chi connectivity index (χ1) is 23.7. The highest BCUT2D eigenvalue weighted by Crippen LogP contribution is 2.38. The lowest BCUT2D eigenvalue weighted by Gasteiger charge is -2.46. The highest BCUT2D eigenvalue weighted by atomic mass is 32.2. The van der Waals surface area contributed by atoms with Gasteiger partial charge >= 0.3 is 0 Å². The van der Waals surface area contributed by atoms with Gasteiger partial charge in [0.05, 0.1) is 40.1 Å². The average molecular weight is 663 g/mol. The maximum atomic E-state index is 6.94. The zero-order valence-corrected chi connectivity index (χ0v) is 28.0. The van der Waals surface area contributed by atoms with Crippen LogP contribution < -0.4 is 4.74 Å². The lowest BCUT2D eigenvalue weighted by atomic mass is 9.98. The molecule has 0 aromatic heterocycles. The molecule has 1 fully saturated rings. The van der Waals surface area contributed by atoms with Crippen LogP contribution in [0, 0.1) is 0 Å². The van der Waals surface area contributed by atoms with Crippen molar-refractivity contribution in [3.8, 4) is 5.75 Å². The van der Waals surface area contributed by atoms with Crippen LogP contribution in [-0.4, -0.2) is 43.6 Å². The summed E-state index contributed by atoms with van der Waals surface area (Å²) in [7, 11) is 1.67. The van der Waals surface area contributed by atoms with E-state index < -0.39 is 24.4 Å². The topological polar surface area (TPSA) is 55.4 Å². The molecule has 0 unspecified atom stereocenters. The van der Waals surface area contributed by atoms with Crippen molar-refractivity contribution in [2.75, 3.05) is 13.7 Å². The van der Waals surface area contributed by atoms with Crippen LogP contribution in [0.5, 0.6) is 5.75 Å². The number of benzene rings is 5. The third-order valence-corrected chi connectivity index (χ3v) is 9.31. The SMILES string of the molecule is COc1ccc(CO[C@H]2[C@H](OCc3ccccc3)[C@@H](OCc3ccccc3)[C@H](Sc3ccccc3)O[C@@H]2COCc2ccccc2)cc1. The monoisotopic (exact) mass is 662 g/mol. The van der Waals surface area contributed by atoms with Crippen molar-refractivity contribution in [2.24, 2.45) is 0 Å². The molecule has 0 bridgehead atoms. The van der Waals surface area contributed by atoms with E-state index in [0.29, 0.717) is 33.0 Å². The molecular formula is C41H42O6S. The summed E-state index contributed by atoms with van der Waals surface area (Å²) in [6.07, 6.45) is -1.83. The van der Waals surface area contributed by atoms with Gasteiger partial charge in [0.15, 0.2) is 0 Å². The maximum Gasteiger partial charge on any atom is 0.137 e. The Morgan fingerprint density at radius 3 is 1.50 bits per heavy atom. The van der Waals surface area contributed by atoms with Gasteiger partial charge in [0.1, 0.15) is 35.6 Å². The molecule has 48 heavy (non-hydrogen) atoms. The Labute approximate surface area is 287 Å². The van der Waals surface area contributed by atoms with Crippen LogP contribution in [0.3, 0.4) is 0 Å². The molecule has 5 atom stereocenters. The van der Waals surface area contributed by atoms with Gasteiger partial charge in [0, 0.05) is 4.90 Å². The Kier molecular flexibility index (Phi) is 12.7. The van der Waals surface area contributed by atoms with Crippen LogP contribution in [0.15, 0.2) is 150 Å². The summed E-state index contributed by atoms with van der Waals surface area (Å²) in [4.78, 5) is 1.08. The van der Waals surface area contributed by atoms with Crippen molar-refractivity contribution in [2.45, 2.75) is 61.2 Å².